The SMILES string of the molecule is CC(CC(N)=O)NCc1ccc2ncccc2c1. The molecule has 0 aliphatic heterocycles. The van der Waals surface area contributed by atoms with Crippen molar-refractivity contribution in [2.75, 3.05) is 0 Å². The highest BCUT2D eigenvalue weighted by molar-refractivity contribution is 5.78. The molecule has 1 aromatic heterocycles. The zero-order valence-corrected chi connectivity index (χ0v) is 10.4. The minimum Gasteiger partial charge on any atom is -0.370 e. The number of pyridine rings is 1. The van der Waals surface area contributed by atoms with Crippen LogP contribution in [0.15, 0.2) is 36.5 Å². The second kappa shape index (κ2) is 5.60. The molecule has 3 N–H and O–H groups in total. The molecule has 2 rings (SSSR count). The molecule has 0 fully saturated rings. The Labute approximate surface area is 106 Å². The standard InChI is InChI=1S/C14H17N3O/c1-10(7-14(15)18)17-9-11-4-5-13-12(8-11)3-2-6-16-13/h2-6,8,10,17H,7,9H2,1H3,(H2,15,18). The summed E-state index contributed by atoms with van der Waals surface area (Å²) in [7, 11) is 0. The second-order valence-electron chi connectivity index (χ2n) is 4.48. The lowest BCUT2D eigenvalue weighted by molar-refractivity contribution is -0.118. The predicted octanol–water partition coefficient (Wildman–Crippen LogP) is 1.59. The van der Waals surface area contributed by atoms with Gasteiger partial charge in [-0.3, -0.25) is 9.78 Å². The highest BCUT2D eigenvalue weighted by Crippen LogP contribution is 2.13. The molecule has 1 unspecified atom stereocenters. The number of hydrogen-bond donors (Lipinski definition) is 2. The van der Waals surface area contributed by atoms with Gasteiger partial charge in [0, 0.05) is 30.6 Å². The summed E-state index contributed by atoms with van der Waals surface area (Å²) in [4.78, 5) is 15.0. The smallest absolute Gasteiger partial charge is 0.218 e. The van der Waals surface area contributed by atoms with Crippen molar-refractivity contribution in [2.45, 2.75) is 25.9 Å². The molecule has 1 heterocycles. The lowest BCUT2D eigenvalue weighted by atomic mass is 10.1. The maximum absolute atomic E-state index is 10.8. The van der Waals surface area contributed by atoms with Crippen LogP contribution < -0.4 is 11.1 Å². The molecule has 4 nitrogen and oxygen atoms in total. The Morgan fingerprint density at radius 1 is 1.44 bits per heavy atom. The van der Waals surface area contributed by atoms with Gasteiger partial charge in [0.2, 0.25) is 5.91 Å². The van der Waals surface area contributed by atoms with Crippen LogP contribution in [0.25, 0.3) is 10.9 Å². The Hall–Kier alpha value is -1.94. The van der Waals surface area contributed by atoms with Gasteiger partial charge in [-0.1, -0.05) is 12.1 Å². The predicted molar refractivity (Wildman–Crippen MR) is 71.9 cm³/mol. The van der Waals surface area contributed by atoms with Gasteiger partial charge in [-0.05, 0) is 30.7 Å². The minimum absolute atomic E-state index is 0.0899. The number of nitrogens with one attached hydrogen (secondary N) is 1. The van der Waals surface area contributed by atoms with E-state index in [1.54, 1.807) is 6.20 Å². The van der Waals surface area contributed by atoms with Gasteiger partial charge in [0.05, 0.1) is 5.52 Å². The van der Waals surface area contributed by atoms with Gasteiger partial charge in [0.15, 0.2) is 0 Å². The van der Waals surface area contributed by atoms with Crippen molar-refractivity contribution in [3.8, 4) is 0 Å². The van der Waals surface area contributed by atoms with Gasteiger partial charge in [-0.2, -0.15) is 0 Å². The van der Waals surface area contributed by atoms with Crippen LogP contribution in [0.2, 0.25) is 0 Å². The van der Waals surface area contributed by atoms with Crippen LogP contribution in [0.5, 0.6) is 0 Å². The Kier molecular flexibility index (Phi) is 3.89. The third-order valence-electron chi connectivity index (χ3n) is 2.83. The highest BCUT2D eigenvalue weighted by Gasteiger charge is 2.05. The van der Waals surface area contributed by atoms with Gasteiger partial charge in [0.1, 0.15) is 0 Å². The van der Waals surface area contributed by atoms with Crippen LogP contribution in [-0.2, 0) is 11.3 Å². The number of benzene rings is 1. The molecule has 94 valence electrons. The third kappa shape index (κ3) is 3.28. The molecular weight excluding hydrogens is 226 g/mol. The van der Waals surface area contributed by atoms with Gasteiger partial charge in [-0.25, -0.2) is 0 Å². The average molecular weight is 243 g/mol. The van der Waals surface area contributed by atoms with Gasteiger partial charge in [-0.15, -0.1) is 0 Å². The summed E-state index contributed by atoms with van der Waals surface area (Å²) >= 11 is 0. The van der Waals surface area contributed by atoms with Crippen LogP contribution in [0.4, 0.5) is 0 Å². The van der Waals surface area contributed by atoms with Crippen molar-refractivity contribution in [3.63, 3.8) is 0 Å². The van der Waals surface area contributed by atoms with E-state index in [4.69, 9.17) is 5.73 Å². The van der Waals surface area contributed by atoms with Crippen molar-refractivity contribution < 1.29 is 4.79 Å². The van der Waals surface area contributed by atoms with E-state index in [-0.39, 0.29) is 11.9 Å². The number of fused-ring (bicyclic) bond motifs is 1. The van der Waals surface area contributed by atoms with E-state index < -0.39 is 0 Å². The van der Waals surface area contributed by atoms with Crippen LogP contribution in [0.1, 0.15) is 18.9 Å². The summed E-state index contributed by atoms with van der Waals surface area (Å²) in [5.41, 5.74) is 7.31. The molecule has 2 aromatic rings. The fraction of sp³-hybridized carbons (Fsp3) is 0.286. The van der Waals surface area contributed by atoms with Crippen LogP contribution in [0, 0.1) is 0 Å². The third-order valence-corrected chi connectivity index (χ3v) is 2.83. The Morgan fingerprint density at radius 2 is 2.28 bits per heavy atom. The fourth-order valence-electron chi connectivity index (χ4n) is 1.90. The number of amides is 1. The molecule has 4 heteroatoms. The van der Waals surface area contributed by atoms with E-state index in [0.29, 0.717) is 6.42 Å². The van der Waals surface area contributed by atoms with Gasteiger partial charge >= 0.3 is 0 Å². The molecule has 1 atom stereocenters. The number of carbonyl (C=O) groups is 1. The maximum Gasteiger partial charge on any atom is 0.218 e. The second-order valence-corrected chi connectivity index (χ2v) is 4.48. The van der Waals surface area contributed by atoms with E-state index in [2.05, 4.69) is 16.4 Å². The fourth-order valence-corrected chi connectivity index (χ4v) is 1.90. The van der Waals surface area contributed by atoms with Gasteiger partial charge in [0.25, 0.3) is 0 Å². The number of primary amides is 1. The zero-order valence-electron chi connectivity index (χ0n) is 10.4. The summed E-state index contributed by atoms with van der Waals surface area (Å²) in [6.45, 7) is 2.67. The molecule has 0 saturated carbocycles. The van der Waals surface area contributed by atoms with Crippen molar-refractivity contribution in [3.05, 3.63) is 42.1 Å². The monoisotopic (exact) mass is 243 g/mol. The maximum atomic E-state index is 10.8. The Morgan fingerprint density at radius 3 is 3.06 bits per heavy atom. The molecule has 1 amide bonds. The number of aromatic nitrogens is 1. The molecule has 1 aromatic carbocycles. The number of hydrogen-bond acceptors (Lipinski definition) is 3. The molecule has 0 aliphatic carbocycles. The summed E-state index contributed by atoms with van der Waals surface area (Å²) < 4.78 is 0. The van der Waals surface area contributed by atoms with Crippen molar-refractivity contribution in [2.24, 2.45) is 5.73 Å². The quantitative estimate of drug-likeness (QED) is 0.838. The summed E-state index contributed by atoms with van der Waals surface area (Å²) in [6.07, 6.45) is 2.14. The molecule has 0 bridgehead atoms. The molecule has 18 heavy (non-hydrogen) atoms. The van der Waals surface area contributed by atoms with Crippen molar-refractivity contribution >= 4 is 16.8 Å². The first-order valence-electron chi connectivity index (χ1n) is 6.00. The number of nitrogens with zero attached hydrogens (tertiary/aromatic N) is 1. The lowest BCUT2D eigenvalue weighted by Crippen LogP contribution is -2.30. The van der Waals surface area contributed by atoms with Crippen LogP contribution >= 0.6 is 0 Å². The first-order chi connectivity index (χ1) is 8.65. The summed E-state index contributed by atoms with van der Waals surface area (Å²) in [5, 5.41) is 4.40. The van der Waals surface area contributed by atoms with Crippen molar-refractivity contribution in [1.29, 1.82) is 0 Å². The molecule has 0 aliphatic rings. The van der Waals surface area contributed by atoms with E-state index >= 15 is 0 Å². The largest absolute Gasteiger partial charge is 0.370 e. The van der Waals surface area contributed by atoms with Crippen molar-refractivity contribution in [1.82, 2.24) is 10.3 Å². The minimum atomic E-state index is -0.280. The molecule has 0 radical (unpaired) electrons. The lowest BCUT2D eigenvalue weighted by Gasteiger charge is -2.12. The van der Waals surface area contributed by atoms with Gasteiger partial charge < -0.3 is 11.1 Å². The highest BCUT2D eigenvalue weighted by atomic mass is 16.1. The van der Waals surface area contributed by atoms with E-state index in [9.17, 15) is 4.79 Å². The molecule has 0 saturated heterocycles. The van der Waals surface area contributed by atoms with E-state index in [1.165, 1.54) is 5.56 Å². The molecule has 0 spiro atoms. The zero-order chi connectivity index (χ0) is 13.0. The van der Waals surface area contributed by atoms with Crippen LogP contribution in [0.3, 0.4) is 0 Å². The number of carbonyl (C=O) groups excluding carboxylic acids is 1. The Bertz CT molecular complexity index is 553. The average Bonchev–Trinajstić information content (AvgIpc) is 2.35. The first kappa shape index (κ1) is 12.5. The number of rotatable bonds is 5. The molecular formula is C14H17N3O. The topological polar surface area (TPSA) is 68.0 Å². The summed E-state index contributed by atoms with van der Waals surface area (Å²) in [5.74, 6) is -0.280. The Balaban J connectivity index is 2.01. The first-order valence-corrected chi connectivity index (χ1v) is 6.00. The normalized spacial score (nSPS) is 12.5. The van der Waals surface area contributed by atoms with Crippen LogP contribution in [-0.4, -0.2) is 16.9 Å². The van der Waals surface area contributed by atoms with E-state index in [1.807, 2.05) is 31.2 Å². The number of nitrogens with two attached hydrogens (primary N) is 1. The summed E-state index contributed by atoms with van der Waals surface area (Å²) in [6, 6.07) is 10.2. The van der Waals surface area contributed by atoms with E-state index in [0.717, 1.165) is 17.4 Å².